The number of hydrogen-bond acceptors (Lipinski definition) is 1. The van der Waals surface area contributed by atoms with Gasteiger partial charge in [-0.15, -0.1) is 0 Å². The Labute approximate surface area is 64.7 Å². The van der Waals surface area contributed by atoms with E-state index in [-0.39, 0.29) is 0 Å². The minimum atomic E-state index is 0.593. The van der Waals surface area contributed by atoms with Gasteiger partial charge in [-0.1, -0.05) is 27.4 Å². The lowest BCUT2D eigenvalue weighted by Crippen LogP contribution is -2.19. The fraction of sp³-hybridized carbons (Fsp3) is 0.778. The van der Waals surface area contributed by atoms with Gasteiger partial charge in [0.2, 0.25) is 0 Å². The van der Waals surface area contributed by atoms with Gasteiger partial charge in [-0.25, -0.2) is 0 Å². The third-order valence-electron chi connectivity index (χ3n) is 2.10. The molecule has 0 rings (SSSR count). The molecule has 0 saturated heterocycles. The number of rotatable bonds is 3. The predicted octanol–water partition coefficient (Wildman–Crippen LogP) is 2.35. The molecule has 0 fully saturated rings. The van der Waals surface area contributed by atoms with Crippen LogP contribution in [-0.2, 0) is 0 Å². The average molecular weight is 141 g/mol. The fourth-order valence-electron chi connectivity index (χ4n) is 0.792. The molecule has 1 heteroatoms. The molecule has 0 amide bonds. The molecule has 0 aromatic rings. The van der Waals surface area contributed by atoms with Crippen LogP contribution >= 0.6 is 0 Å². The molecule has 0 spiro atoms. The summed E-state index contributed by atoms with van der Waals surface area (Å²) in [6.07, 6.45) is 0. The molecule has 0 aromatic carbocycles. The van der Waals surface area contributed by atoms with Crippen LogP contribution < -0.4 is 0 Å². The predicted molar refractivity (Wildman–Crippen MR) is 46.8 cm³/mol. The largest absolute Gasteiger partial charge is 0.381 e. The summed E-state index contributed by atoms with van der Waals surface area (Å²) in [5.41, 5.74) is 1.22. The highest BCUT2D eigenvalue weighted by atomic mass is 15.1. The van der Waals surface area contributed by atoms with E-state index in [1.54, 1.807) is 0 Å². The van der Waals surface area contributed by atoms with Gasteiger partial charge in [-0.2, -0.15) is 0 Å². The van der Waals surface area contributed by atoms with E-state index in [0.717, 1.165) is 0 Å². The third-order valence-corrected chi connectivity index (χ3v) is 2.10. The van der Waals surface area contributed by atoms with Crippen molar-refractivity contribution in [1.29, 1.82) is 0 Å². The summed E-state index contributed by atoms with van der Waals surface area (Å²) in [5.74, 6) is 1.28. The maximum atomic E-state index is 4.00. The van der Waals surface area contributed by atoms with Gasteiger partial charge in [-0.05, 0) is 11.8 Å². The van der Waals surface area contributed by atoms with Crippen molar-refractivity contribution in [2.24, 2.45) is 11.8 Å². The first-order valence-electron chi connectivity index (χ1n) is 3.83. The van der Waals surface area contributed by atoms with E-state index in [4.69, 9.17) is 0 Å². The molecule has 0 radical (unpaired) electrons. The maximum absolute atomic E-state index is 4.00. The van der Waals surface area contributed by atoms with E-state index >= 15 is 0 Å². The van der Waals surface area contributed by atoms with E-state index in [9.17, 15) is 0 Å². The molecule has 1 nitrogen and oxygen atoms in total. The van der Waals surface area contributed by atoms with E-state index in [0.29, 0.717) is 11.8 Å². The van der Waals surface area contributed by atoms with Crippen molar-refractivity contribution >= 4 is 0 Å². The molecule has 0 saturated carbocycles. The molecule has 1 atom stereocenters. The fourth-order valence-corrected chi connectivity index (χ4v) is 0.792. The average Bonchev–Trinajstić information content (AvgIpc) is 1.84. The van der Waals surface area contributed by atoms with Gasteiger partial charge in [-0.3, -0.25) is 0 Å². The minimum Gasteiger partial charge on any atom is -0.381 e. The topological polar surface area (TPSA) is 3.24 Å². The highest BCUT2D eigenvalue weighted by Gasteiger charge is 2.11. The van der Waals surface area contributed by atoms with Gasteiger partial charge in [0, 0.05) is 19.8 Å². The Kier molecular flexibility index (Phi) is 3.48. The Morgan fingerprint density at radius 3 is 1.70 bits per heavy atom. The molecule has 0 N–H and O–H groups in total. The summed E-state index contributed by atoms with van der Waals surface area (Å²) in [6.45, 7) is 10.7. The van der Waals surface area contributed by atoms with Gasteiger partial charge in [0.25, 0.3) is 0 Å². The zero-order valence-corrected chi connectivity index (χ0v) is 7.81. The highest BCUT2D eigenvalue weighted by molar-refractivity contribution is 4.96. The van der Waals surface area contributed by atoms with Crippen molar-refractivity contribution in [3.63, 3.8) is 0 Å². The number of allylic oxidation sites excluding steroid dienone is 1. The molecular formula is C9H19N. The molecule has 0 aliphatic rings. The molecular weight excluding hydrogens is 122 g/mol. The maximum Gasteiger partial charge on any atom is 0.00857 e. The van der Waals surface area contributed by atoms with Crippen LogP contribution in [0.2, 0.25) is 0 Å². The van der Waals surface area contributed by atoms with Crippen LogP contribution in [-0.4, -0.2) is 19.0 Å². The molecule has 0 aromatic heterocycles. The van der Waals surface area contributed by atoms with Crippen LogP contribution in [0.15, 0.2) is 12.3 Å². The van der Waals surface area contributed by atoms with E-state index in [2.05, 4.69) is 32.3 Å². The highest BCUT2D eigenvalue weighted by Crippen LogP contribution is 2.18. The summed E-state index contributed by atoms with van der Waals surface area (Å²) in [5, 5.41) is 0. The number of nitrogens with zero attached hydrogens (tertiary/aromatic N) is 1. The van der Waals surface area contributed by atoms with E-state index in [1.165, 1.54) is 5.70 Å². The van der Waals surface area contributed by atoms with Crippen LogP contribution in [0.1, 0.15) is 20.8 Å². The summed E-state index contributed by atoms with van der Waals surface area (Å²) in [7, 11) is 4.09. The Balaban J connectivity index is 3.95. The van der Waals surface area contributed by atoms with Gasteiger partial charge < -0.3 is 4.90 Å². The van der Waals surface area contributed by atoms with Crippen molar-refractivity contribution in [3.8, 4) is 0 Å². The van der Waals surface area contributed by atoms with Crippen LogP contribution in [0.4, 0.5) is 0 Å². The second kappa shape index (κ2) is 3.65. The Bertz CT molecular complexity index is 114. The van der Waals surface area contributed by atoms with Crippen molar-refractivity contribution in [2.45, 2.75) is 20.8 Å². The standard InChI is InChI=1S/C9H19N/c1-7(2)8(3)9(4)10(5)6/h7-8H,4H2,1-3,5-6H3. The lowest BCUT2D eigenvalue weighted by atomic mass is 9.95. The molecule has 0 bridgehead atoms. The van der Waals surface area contributed by atoms with Crippen molar-refractivity contribution in [3.05, 3.63) is 12.3 Å². The first kappa shape index (κ1) is 9.54. The van der Waals surface area contributed by atoms with Gasteiger partial charge >= 0.3 is 0 Å². The first-order valence-corrected chi connectivity index (χ1v) is 3.83. The Morgan fingerprint density at radius 2 is 1.60 bits per heavy atom. The smallest absolute Gasteiger partial charge is 0.00857 e. The Hall–Kier alpha value is -0.460. The lowest BCUT2D eigenvalue weighted by Gasteiger charge is -2.24. The van der Waals surface area contributed by atoms with Crippen LogP contribution in [0.5, 0.6) is 0 Å². The van der Waals surface area contributed by atoms with Gasteiger partial charge in [0.1, 0.15) is 0 Å². The van der Waals surface area contributed by atoms with Gasteiger partial charge in [0.05, 0.1) is 0 Å². The van der Waals surface area contributed by atoms with E-state index in [1.807, 2.05) is 14.1 Å². The quantitative estimate of drug-likeness (QED) is 0.583. The Morgan fingerprint density at radius 1 is 1.20 bits per heavy atom. The zero-order valence-electron chi connectivity index (χ0n) is 7.81. The molecule has 0 heterocycles. The SMILES string of the molecule is C=C(C(C)C(C)C)N(C)C. The monoisotopic (exact) mass is 141 g/mol. The first-order chi connectivity index (χ1) is 4.46. The molecule has 1 unspecified atom stereocenters. The molecule has 0 aliphatic heterocycles. The second-order valence-electron chi connectivity index (χ2n) is 3.42. The summed E-state index contributed by atoms with van der Waals surface area (Å²) < 4.78 is 0. The van der Waals surface area contributed by atoms with Crippen LogP contribution in [0.25, 0.3) is 0 Å². The van der Waals surface area contributed by atoms with Crippen molar-refractivity contribution in [1.82, 2.24) is 4.90 Å². The molecule has 0 aliphatic carbocycles. The number of hydrogen-bond donors (Lipinski definition) is 0. The zero-order chi connectivity index (χ0) is 8.31. The van der Waals surface area contributed by atoms with Crippen molar-refractivity contribution in [2.75, 3.05) is 14.1 Å². The molecule has 10 heavy (non-hydrogen) atoms. The minimum absolute atomic E-state index is 0.593. The van der Waals surface area contributed by atoms with Gasteiger partial charge in [0.15, 0.2) is 0 Å². The summed E-state index contributed by atoms with van der Waals surface area (Å²) in [4.78, 5) is 2.09. The summed E-state index contributed by atoms with van der Waals surface area (Å²) in [6, 6.07) is 0. The normalized spacial score (nSPS) is 13.4. The van der Waals surface area contributed by atoms with Crippen LogP contribution in [0, 0.1) is 11.8 Å². The third kappa shape index (κ3) is 2.42. The van der Waals surface area contributed by atoms with Crippen LogP contribution in [0.3, 0.4) is 0 Å². The van der Waals surface area contributed by atoms with Crippen molar-refractivity contribution < 1.29 is 0 Å². The lowest BCUT2D eigenvalue weighted by molar-refractivity contribution is 0.369. The summed E-state index contributed by atoms with van der Waals surface area (Å²) >= 11 is 0. The molecule has 60 valence electrons. The second-order valence-corrected chi connectivity index (χ2v) is 3.42. The van der Waals surface area contributed by atoms with E-state index < -0.39 is 0 Å².